The molecule has 6 heteroatoms. The maximum atomic E-state index is 10.8. The fourth-order valence-corrected chi connectivity index (χ4v) is 3.92. The highest BCUT2D eigenvalue weighted by Crippen LogP contribution is 2.32. The second kappa shape index (κ2) is 5.64. The van der Waals surface area contributed by atoms with Crippen LogP contribution in [0.25, 0.3) is 0 Å². The Kier molecular flexibility index (Phi) is 4.37. The number of benzene rings is 1. The van der Waals surface area contributed by atoms with Crippen LogP contribution in [0.3, 0.4) is 0 Å². The van der Waals surface area contributed by atoms with Crippen LogP contribution in [-0.4, -0.2) is 28.5 Å². The summed E-state index contributed by atoms with van der Waals surface area (Å²) in [4.78, 5) is 12.8. The lowest BCUT2D eigenvalue weighted by atomic mass is 10.1. The Morgan fingerprint density at radius 2 is 2.22 bits per heavy atom. The Morgan fingerprint density at radius 3 is 2.83 bits per heavy atom. The van der Waals surface area contributed by atoms with E-state index in [2.05, 4.69) is 18.7 Å². The van der Waals surface area contributed by atoms with Gasteiger partial charge in [0.2, 0.25) is 0 Å². The van der Waals surface area contributed by atoms with E-state index in [9.17, 15) is 10.1 Å². The average molecular weight is 378 g/mol. The van der Waals surface area contributed by atoms with Gasteiger partial charge in [-0.25, -0.2) is 0 Å². The van der Waals surface area contributed by atoms with Gasteiger partial charge >= 0.3 is 0 Å². The second-order valence-electron chi connectivity index (χ2n) is 4.40. The van der Waals surface area contributed by atoms with E-state index in [1.54, 1.807) is 6.07 Å². The zero-order chi connectivity index (χ0) is 13.3. The minimum atomic E-state index is -0.330. The first kappa shape index (κ1) is 13.9. The molecule has 2 unspecified atom stereocenters. The third-order valence-corrected chi connectivity index (χ3v) is 5.55. The van der Waals surface area contributed by atoms with Crippen molar-refractivity contribution in [3.63, 3.8) is 0 Å². The number of rotatable bonds is 2. The van der Waals surface area contributed by atoms with E-state index in [-0.39, 0.29) is 10.6 Å². The van der Waals surface area contributed by atoms with Gasteiger partial charge in [0.05, 0.1) is 8.49 Å². The lowest BCUT2D eigenvalue weighted by molar-refractivity contribution is -0.385. The average Bonchev–Trinajstić information content (AvgIpc) is 2.32. The van der Waals surface area contributed by atoms with Gasteiger partial charge in [0.15, 0.2) is 0 Å². The molecule has 2 rings (SSSR count). The van der Waals surface area contributed by atoms with Gasteiger partial charge in [-0.1, -0.05) is 6.92 Å². The zero-order valence-electron chi connectivity index (χ0n) is 10.3. The molecular weight excluding hydrogens is 363 g/mol. The number of nitrogens with zero attached hydrogens (tertiary/aromatic N) is 2. The quantitative estimate of drug-likeness (QED) is 0.449. The van der Waals surface area contributed by atoms with Gasteiger partial charge in [-0.15, -0.1) is 0 Å². The number of nitro groups is 1. The van der Waals surface area contributed by atoms with Crippen LogP contribution in [0, 0.1) is 13.7 Å². The Hall–Kier alpha value is -0.500. The molecule has 1 saturated heterocycles. The molecule has 1 aliphatic rings. The topological polar surface area (TPSA) is 46.4 Å². The predicted octanol–water partition coefficient (Wildman–Crippen LogP) is 3.53. The van der Waals surface area contributed by atoms with Crippen LogP contribution in [0.4, 0.5) is 11.4 Å². The molecule has 0 amide bonds. The first-order chi connectivity index (χ1) is 8.50. The van der Waals surface area contributed by atoms with Crippen LogP contribution >= 0.6 is 34.4 Å². The molecule has 98 valence electrons. The fraction of sp³-hybridized carbons (Fsp3) is 0.500. The summed E-state index contributed by atoms with van der Waals surface area (Å²) >= 11 is 4.02. The molecule has 0 spiro atoms. The smallest absolute Gasteiger partial charge is 0.282 e. The molecule has 0 aromatic heterocycles. The zero-order valence-corrected chi connectivity index (χ0v) is 13.3. The lowest BCUT2D eigenvalue weighted by Crippen LogP contribution is -2.44. The molecule has 18 heavy (non-hydrogen) atoms. The maximum Gasteiger partial charge on any atom is 0.282 e. The highest BCUT2D eigenvalue weighted by molar-refractivity contribution is 14.1. The largest absolute Gasteiger partial charge is 0.367 e. The molecule has 4 nitrogen and oxygen atoms in total. The van der Waals surface area contributed by atoms with Crippen LogP contribution in [-0.2, 0) is 0 Å². The van der Waals surface area contributed by atoms with Crippen molar-refractivity contribution in [1.29, 1.82) is 0 Å². The van der Waals surface area contributed by atoms with Gasteiger partial charge in [0.1, 0.15) is 0 Å². The number of thioether (sulfide) groups is 1. The van der Waals surface area contributed by atoms with E-state index in [0.717, 1.165) is 18.0 Å². The van der Waals surface area contributed by atoms with Gasteiger partial charge in [0.25, 0.3) is 5.69 Å². The van der Waals surface area contributed by atoms with Crippen LogP contribution in [0.5, 0.6) is 0 Å². The number of halogens is 1. The Balaban J connectivity index is 2.28. The number of anilines is 1. The van der Waals surface area contributed by atoms with Crippen molar-refractivity contribution in [3.8, 4) is 0 Å². The Labute approximate surface area is 124 Å². The molecule has 0 bridgehead atoms. The Bertz CT molecular complexity index is 469. The van der Waals surface area contributed by atoms with Crippen molar-refractivity contribution in [2.45, 2.75) is 25.1 Å². The molecule has 1 aliphatic heterocycles. The van der Waals surface area contributed by atoms with Crippen LogP contribution in [0.1, 0.15) is 13.8 Å². The summed E-state index contributed by atoms with van der Waals surface area (Å²) in [5.41, 5.74) is 1.27. The minimum Gasteiger partial charge on any atom is -0.367 e. The van der Waals surface area contributed by atoms with Crippen molar-refractivity contribution < 1.29 is 4.92 Å². The van der Waals surface area contributed by atoms with Crippen molar-refractivity contribution in [1.82, 2.24) is 0 Å². The number of hydrogen-bond acceptors (Lipinski definition) is 4. The van der Waals surface area contributed by atoms with E-state index in [1.807, 2.05) is 46.5 Å². The SMILES string of the molecule is CC1SCCN(c2ccc([N+](=O)[O-])c(I)c2)C1C. The predicted molar refractivity (Wildman–Crippen MR) is 84.5 cm³/mol. The molecule has 2 atom stereocenters. The number of hydrogen-bond donors (Lipinski definition) is 0. The van der Waals surface area contributed by atoms with E-state index in [0.29, 0.717) is 14.9 Å². The van der Waals surface area contributed by atoms with Gasteiger partial charge in [-0.05, 0) is 41.6 Å². The molecule has 1 fully saturated rings. The maximum absolute atomic E-state index is 10.8. The first-order valence-corrected chi connectivity index (χ1v) is 7.95. The molecule has 1 aromatic carbocycles. The van der Waals surface area contributed by atoms with Gasteiger partial charge < -0.3 is 4.90 Å². The van der Waals surface area contributed by atoms with Crippen LogP contribution in [0.2, 0.25) is 0 Å². The summed E-state index contributed by atoms with van der Waals surface area (Å²) in [7, 11) is 0. The Morgan fingerprint density at radius 1 is 1.50 bits per heavy atom. The summed E-state index contributed by atoms with van der Waals surface area (Å²) in [5.74, 6) is 1.11. The van der Waals surface area contributed by atoms with E-state index in [4.69, 9.17) is 0 Å². The molecule has 0 radical (unpaired) electrons. The van der Waals surface area contributed by atoms with Crippen molar-refractivity contribution >= 4 is 45.7 Å². The molecule has 1 heterocycles. The van der Waals surface area contributed by atoms with Gasteiger partial charge in [0, 0.05) is 35.3 Å². The molecule has 0 saturated carbocycles. The number of nitro benzene ring substituents is 1. The third kappa shape index (κ3) is 2.74. The molecule has 0 N–H and O–H groups in total. The van der Waals surface area contributed by atoms with Gasteiger partial charge in [-0.3, -0.25) is 10.1 Å². The molecule has 1 aromatic rings. The molecule has 0 aliphatic carbocycles. The van der Waals surface area contributed by atoms with Crippen molar-refractivity contribution in [3.05, 3.63) is 31.9 Å². The molecular formula is C12H15IN2O2S. The second-order valence-corrected chi connectivity index (χ2v) is 7.05. The monoisotopic (exact) mass is 378 g/mol. The van der Waals surface area contributed by atoms with E-state index in [1.165, 1.54) is 0 Å². The minimum absolute atomic E-state index is 0.187. The van der Waals surface area contributed by atoms with E-state index >= 15 is 0 Å². The standard InChI is InChI=1S/C12H15IN2O2S/c1-8-9(2)18-6-5-14(8)10-3-4-12(15(16)17)11(13)7-10/h3-4,7-9H,5-6H2,1-2H3. The van der Waals surface area contributed by atoms with Crippen molar-refractivity contribution in [2.24, 2.45) is 0 Å². The van der Waals surface area contributed by atoms with Crippen molar-refractivity contribution in [2.75, 3.05) is 17.2 Å². The summed E-state index contributed by atoms with van der Waals surface area (Å²) in [6.07, 6.45) is 0. The summed E-state index contributed by atoms with van der Waals surface area (Å²) in [6.45, 7) is 5.45. The lowest BCUT2D eigenvalue weighted by Gasteiger charge is -2.39. The summed E-state index contributed by atoms with van der Waals surface area (Å²) < 4.78 is 0.702. The normalized spacial score (nSPS) is 24.1. The van der Waals surface area contributed by atoms with E-state index < -0.39 is 0 Å². The van der Waals surface area contributed by atoms with Crippen LogP contribution in [0.15, 0.2) is 18.2 Å². The highest BCUT2D eigenvalue weighted by Gasteiger charge is 2.26. The summed E-state index contributed by atoms with van der Waals surface area (Å²) in [6, 6.07) is 5.84. The highest BCUT2D eigenvalue weighted by atomic mass is 127. The first-order valence-electron chi connectivity index (χ1n) is 5.83. The van der Waals surface area contributed by atoms with Gasteiger partial charge in [-0.2, -0.15) is 11.8 Å². The summed E-state index contributed by atoms with van der Waals surface area (Å²) in [5, 5.41) is 11.4. The van der Waals surface area contributed by atoms with Crippen LogP contribution < -0.4 is 4.90 Å². The third-order valence-electron chi connectivity index (χ3n) is 3.34. The fourth-order valence-electron chi connectivity index (χ4n) is 2.12.